The van der Waals surface area contributed by atoms with Crippen molar-refractivity contribution >= 4 is 29.6 Å². The second-order valence-corrected chi connectivity index (χ2v) is 4.65. The maximum Gasteiger partial charge on any atom is 0.677 e. The summed E-state index contributed by atoms with van der Waals surface area (Å²) in [5, 5.41) is 31.2. The highest BCUT2D eigenvalue weighted by atomic mass is 19.1. The molecule has 168 valence electrons. The van der Waals surface area contributed by atoms with Gasteiger partial charge in [-0.15, -0.1) is 0 Å². The van der Waals surface area contributed by atoms with Crippen molar-refractivity contribution in [3.63, 3.8) is 0 Å². The molecule has 0 fully saturated rings. The SMILES string of the molecule is CCCOB(O)F.CCCOB(O)F.CCCOB(O)F.CCCOB(O)F. The van der Waals surface area contributed by atoms with Crippen molar-refractivity contribution in [2.45, 2.75) is 53.4 Å². The van der Waals surface area contributed by atoms with Gasteiger partial charge in [0, 0.05) is 26.4 Å². The van der Waals surface area contributed by atoms with Crippen LogP contribution in [0.2, 0.25) is 0 Å². The fraction of sp³-hybridized carbons (Fsp3) is 1.00. The van der Waals surface area contributed by atoms with Gasteiger partial charge in [-0.3, -0.25) is 17.3 Å². The van der Waals surface area contributed by atoms with Crippen molar-refractivity contribution in [2.24, 2.45) is 0 Å². The Morgan fingerprint density at radius 3 is 0.643 bits per heavy atom. The molecule has 0 atom stereocenters. The standard InChI is InChI=1S/4C3H8BFO2/c4*1-2-3-7-4(5)6/h4*6H,2-3H2,1H3. The third-order valence-electron chi connectivity index (χ3n) is 1.84. The number of hydrogen-bond acceptors (Lipinski definition) is 8. The minimum atomic E-state index is -2.10. The molecule has 0 radical (unpaired) electrons. The van der Waals surface area contributed by atoms with Gasteiger partial charge in [0.2, 0.25) is 0 Å². The smallest absolute Gasteiger partial charge is 0.398 e. The first-order chi connectivity index (χ1) is 13.1. The van der Waals surface area contributed by atoms with Crippen molar-refractivity contribution in [3.8, 4) is 0 Å². The minimum Gasteiger partial charge on any atom is -0.398 e. The summed E-state index contributed by atoms with van der Waals surface area (Å²) in [5.74, 6) is 0. The highest BCUT2D eigenvalue weighted by Crippen LogP contribution is 1.85. The molecule has 8 nitrogen and oxygen atoms in total. The molecule has 0 amide bonds. The van der Waals surface area contributed by atoms with Crippen LogP contribution in [-0.2, 0) is 18.6 Å². The van der Waals surface area contributed by atoms with E-state index in [2.05, 4.69) is 18.6 Å². The van der Waals surface area contributed by atoms with E-state index in [1.807, 2.05) is 27.7 Å². The summed E-state index contributed by atoms with van der Waals surface area (Å²) >= 11 is 0. The Bertz CT molecular complexity index is 216. The van der Waals surface area contributed by atoms with Crippen LogP contribution in [-0.4, -0.2) is 76.1 Å². The first kappa shape index (κ1) is 35.1. The van der Waals surface area contributed by atoms with Gasteiger partial charge >= 0.3 is 29.6 Å². The lowest BCUT2D eigenvalue weighted by Crippen LogP contribution is -2.10. The van der Waals surface area contributed by atoms with Crippen LogP contribution in [0.4, 0.5) is 17.3 Å². The molecule has 0 aromatic heterocycles. The average Bonchev–Trinajstić information content (AvgIpc) is 2.62. The molecule has 0 heterocycles. The van der Waals surface area contributed by atoms with Gasteiger partial charge in [0.15, 0.2) is 0 Å². The van der Waals surface area contributed by atoms with Crippen LogP contribution in [0.15, 0.2) is 0 Å². The van der Waals surface area contributed by atoms with E-state index in [-0.39, 0.29) is 26.4 Å². The lowest BCUT2D eigenvalue weighted by atomic mass is 10.3. The van der Waals surface area contributed by atoms with E-state index < -0.39 is 29.6 Å². The van der Waals surface area contributed by atoms with Gasteiger partial charge in [-0.25, -0.2) is 0 Å². The zero-order valence-corrected chi connectivity index (χ0v) is 16.9. The van der Waals surface area contributed by atoms with Crippen molar-refractivity contribution in [2.75, 3.05) is 26.4 Å². The van der Waals surface area contributed by atoms with E-state index >= 15 is 0 Å². The zero-order valence-electron chi connectivity index (χ0n) is 16.9. The van der Waals surface area contributed by atoms with Crippen LogP contribution >= 0.6 is 0 Å². The van der Waals surface area contributed by atoms with Crippen LogP contribution in [0.3, 0.4) is 0 Å². The molecule has 0 rings (SSSR count). The monoisotopic (exact) mass is 424 g/mol. The van der Waals surface area contributed by atoms with Crippen LogP contribution in [0.25, 0.3) is 0 Å². The predicted octanol–water partition coefficient (Wildman–Crippen LogP) is 1.44. The van der Waals surface area contributed by atoms with E-state index in [0.29, 0.717) is 0 Å². The summed E-state index contributed by atoms with van der Waals surface area (Å²) in [4.78, 5) is 0. The quantitative estimate of drug-likeness (QED) is 0.275. The van der Waals surface area contributed by atoms with Gasteiger partial charge < -0.3 is 38.7 Å². The molecule has 4 N–H and O–H groups in total. The Morgan fingerprint density at radius 1 is 0.464 bits per heavy atom. The van der Waals surface area contributed by atoms with Gasteiger partial charge in [0.05, 0.1) is 0 Å². The first-order valence-electron chi connectivity index (χ1n) is 8.83. The van der Waals surface area contributed by atoms with Crippen LogP contribution in [0.5, 0.6) is 0 Å². The average molecular weight is 424 g/mol. The van der Waals surface area contributed by atoms with Gasteiger partial charge in [-0.05, 0) is 25.7 Å². The summed E-state index contributed by atoms with van der Waals surface area (Å²) < 4.78 is 61.2. The number of rotatable bonds is 12. The lowest BCUT2D eigenvalue weighted by molar-refractivity contribution is 0.220. The normalized spacial score (nSPS) is 9.00. The van der Waals surface area contributed by atoms with Gasteiger partial charge in [-0.1, -0.05) is 27.7 Å². The molecule has 16 heteroatoms. The molecule has 0 aliphatic carbocycles. The van der Waals surface area contributed by atoms with Crippen molar-refractivity contribution < 1.29 is 56.0 Å². The summed E-state index contributed by atoms with van der Waals surface area (Å²) in [5.41, 5.74) is 0. The minimum absolute atomic E-state index is 0.275. The molecular formula is C12H32B4F4O8. The number of hydrogen-bond donors (Lipinski definition) is 4. The highest BCUT2D eigenvalue weighted by molar-refractivity contribution is 6.34. The molecule has 0 aromatic rings. The molecule has 0 aromatic carbocycles. The highest BCUT2D eigenvalue weighted by Gasteiger charge is 2.09. The maximum atomic E-state index is 11.2. The summed E-state index contributed by atoms with van der Waals surface area (Å²) in [6.45, 7) is 8.44. The Labute approximate surface area is 166 Å². The Balaban J connectivity index is -0.000000137. The van der Waals surface area contributed by atoms with Crippen molar-refractivity contribution in [3.05, 3.63) is 0 Å². The maximum absolute atomic E-state index is 11.2. The van der Waals surface area contributed by atoms with E-state index in [4.69, 9.17) is 20.1 Å². The second kappa shape index (κ2) is 31.4. The first-order valence-corrected chi connectivity index (χ1v) is 8.83. The fourth-order valence-corrected chi connectivity index (χ4v) is 0.860. The Hall–Kier alpha value is -0.340. The third kappa shape index (κ3) is 63.6. The van der Waals surface area contributed by atoms with Gasteiger partial charge in [0.1, 0.15) is 0 Å². The predicted molar refractivity (Wildman–Crippen MR) is 101 cm³/mol. The second-order valence-electron chi connectivity index (χ2n) is 4.65. The fourth-order valence-electron chi connectivity index (χ4n) is 0.860. The van der Waals surface area contributed by atoms with E-state index in [9.17, 15) is 17.3 Å². The molecule has 0 aliphatic rings. The molecule has 0 unspecified atom stereocenters. The molecule has 0 bridgehead atoms. The summed E-state index contributed by atoms with van der Waals surface area (Å²) in [6.07, 6.45) is 2.89. The van der Waals surface area contributed by atoms with Crippen LogP contribution in [0, 0.1) is 0 Å². The van der Waals surface area contributed by atoms with E-state index in [0.717, 1.165) is 25.7 Å². The molecule has 0 saturated heterocycles. The van der Waals surface area contributed by atoms with Crippen molar-refractivity contribution in [1.29, 1.82) is 0 Å². The molecule has 28 heavy (non-hydrogen) atoms. The summed E-state index contributed by atoms with van der Waals surface area (Å²) in [6, 6.07) is 0. The lowest BCUT2D eigenvalue weighted by Gasteiger charge is -1.93. The van der Waals surface area contributed by atoms with Gasteiger partial charge in [-0.2, -0.15) is 0 Å². The topological polar surface area (TPSA) is 118 Å². The zero-order chi connectivity index (χ0) is 22.8. The number of halogens is 4. The third-order valence-corrected chi connectivity index (χ3v) is 1.84. The van der Waals surface area contributed by atoms with Crippen LogP contribution in [0.1, 0.15) is 53.4 Å². The largest absolute Gasteiger partial charge is 0.677 e. The van der Waals surface area contributed by atoms with Gasteiger partial charge in [0.25, 0.3) is 0 Å². The summed E-state index contributed by atoms with van der Waals surface area (Å²) in [7, 11) is -8.39. The Morgan fingerprint density at radius 2 is 0.607 bits per heavy atom. The Kier molecular flexibility index (Phi) is 39.3. The van der Waals surface area contributed by atoms with E-state index in [1.165, 1.54) is 0 Å². The molecule has 0 spiro atoms. The van der Waals surface area contributed by atoms with E-state index in [1.54, 1.807) is 0 Å². The van der Waals surface area contributed by atoms with Crippen molar-refractivity contribution in [1.82, 2.24) is 0 Å². The van der Waals surface area contributed by atoms with Crippen LogP contribution < -0.4 is 0 Å². The molecule has 0 aliphatic heterocycles. The molecule has 0 saturated carbocycles. The molecular weight excluding hydrogens is 391 g/mol.